The van der Waals surface area contributed by atoms with Crippen LogP contribution in [0.1, 0.15) is 42.3 Å². The highest BCUT2D eigenvalue weighted by Gasteiger charge is 2.14. The maximum absolute atomic E-state index is 11.1. The first-order valence-corrected chi connectivity index (χ1v) is 6.74. The highest BCUT2D eigenvalue weighted by molar-refractivity contribution is 5.90. The number of carboxylic acid groups (broad SMARTS) is 1. The van der Waals surface area contributed by atoms with E-state index < -0.39 is 5.97 Å². The van der Waals surface area contributed by atoms with Crippen LogP contribution in [0.25, 0.3) is 11.1 Å². The van der Waals surface area contributed by atoms with Crippen LogP contribution < -0.4 is 0 Å². The largest absolute Gasteiger partial charge is 0.478 e. The Morgan fingerprint density at radius 3 is 2.10 bits per heavy atom. The molecule has 20 heavy (non-hydrogen) atoms. The molecule has 0 aliphatic carbocycles. The molecule has 0 saturated carbocycles. The zero-order valence-corrected chi connectivity index (χ0v) is 12.4. The zero-order valence-electron chi connectivity index (χ0n) is 12.4. The Bertz CT molecular complexity index is 631. The summed E-state index contributed by atoms with van der Waals surface area (Å²) in [6.07, 6.45) is 0. The predicted molar refractivity (Wildman–Crippen MR) is 82.3 cm³/mol. The first-order valence-electron chi connectivity index (χ1n) is 6.74. The summed E-state index contributed by atoms with van der Waals surface area (Å²) in [5.74, 6) is -0.891. The summed E-state index contributed by atoms with van der Waals surface area (Å²) in [7, 11) is 0. The van der Waals surface area contributed by atoms with Gasteiger partial charge in [-0.25, -0.2) is 4.79 Å². The summed E-state index contributed by atoms with van der Waals surface area (Å²) in [5, 5.41) is 9.10. The molecule has 104 valence electrons. The zero-order chi connectivity index (χ0) is 14.9. The normalized spacial score (nSPS) is 11.4. The standard InChI is InChI=1S/C18H20O2/c1-12-5-6-14(17(19)20)11-16(12)13-7-9-15(10-8-13)18(2,3)4/h5-11H,1-4H3,(H,19,20). The Morgan fingerprint density at radius 1 is 1.00 bits per heavy atom. The lowest BCUT2D eigenvalue weighted by atomic mass is 9.86. The van der Waals surface area contributed by atoms with E-state index in [9.17, 15) is 4.79 Å². The highest BCUT2D eigenvalue weighted by atomic mass is 16.4. The van der Waals surface area contributed by atoms with Gasteiger partial charge in [0.25, 0.3) is 0 Å². The molecule has 0 unspecified atom stereocenters. The Kier molecular flexibility index (Phi) is 3.67. The molecule has 0 aromatic heterocycles. The Balaban J connectivity index is 2.46. The van der Waals surface area contributed by atoms with Crippen molar-refractivity contribution in [3.05, 3.63) is 59.2 Å². The van der Waals surface area contributed by atoms with Gasteiger partial charge in [0.2, 0.25) is 0 Å². The molecule has 0 aliphatic heterocycles. The highest BCUT2D eigenvalue weighted by Crippen LogP contribution is 2.28. The van der Waals surface area contributed by atoms with Crippen molar-refractivity contribution in [2.75, 3.05) is 0 Å². The molecule has 2 aromatic rings. The fourth-order valence-corrected chi connectivity index (χ4v) is 2.22. The van der Waals surface area contributed by atoms with E-state index in [1.165, 1.54) is 5.56 Å². The molecule has 0 aliphatic rings. The van der Waals surface area contributed by atoms with Crippen LogP contribution >= 0.6 is 0 Å². The van der Waals surface area contributed by atoms with E-state index in [0.717, 1.165) is 16.7 Å². The molecule has 0 fully saturated rings. The summed E-state index contributed by atoms with van der Waals surface area (Å²) in [6, 6.07) is 13.6. The number of hydrogen-bond acceptors (Lipinski definition) is 1. The van der Waals surface area contributed by atoms with E-state index in [0.29, 0.717) is 5.56 Å². The summed E-state index contributed by atoms with van der Waals surface area (Å²) in [6.45, 7) is 8.54. The van der Waals surface area contributed by atoms with Gasteiger partial charge in [0, 0.05) is 0 Å². The number of rotatable bonds is 2. The molecule has 0 bridgehead atoms. The van der Waals surface area contributed by atoms with Crippen LogP contribution in [-0.4, -0.2) is 11.1 Å². The number of benzene rings is 2. The van der Waals surface area contributed by atoms with Gasteiger partial charge in [-0.05, 0) is 46.7 Å². The van der Waals surface area contributed by atoms with Crippen molar-refractivity contribution in [3.8, 4) is 11.1 Å². The van der Waals surface area contributed by atoms with E-state index >= 15 is 0 Å². The molecule has 0 saturated heterocycles. The van der Waals surface area contributed by atoms with E-state index in [2.05, 4.69) is 45.0 Å². The van der Waals surface area contributed by atoms with Crippen molar-refractivity contribution in [1.29, 1.82) is 0 Å². The molecule has 0 heterocycles. The van der Waals surface area contributed by atoms with Crippen molar-refractivity contribution in [1.82, 2.24) is 0 Å². The molecular formula is C18H20O2. The average molecular weight is 268 g/mol. The lowest BCUT2D eigenvalue weighted by Crippen LogP contribution is -2.10. The minimum Gasteiger partial charge on any atom is -0.478 e. The van der Waals surface area contributed by atoms with Gasteiger partial charge >= 0.3 is 5.97 Å². The third-order valence-corrected chi connectivity index (χ3v) is 3.55. The second kappa shape index (κ2) is 5.12. The second-order valence-electron chi connectivity index (χ2n) is 6.16. The lowest BCUT2D eigenvalue weighted by Gasteiger charge is -2.19. The molecule has 0 atom stereocenters. The molecule has 1 N–H and O–H groups in total. The fraction of sp³-hybridized carbons (Fsp3) is 0.278. The van der Waals surface area contributed by atoms with Gasteiger partial charge in [-0.1, -0.05) is 51.1 Å². The van der Waals surface area contributed by atoms with E-state index in [1.54, 1.807) is 12.1 Å². The van der Waals surface area contributed by atoms with Crippen LogP contribution in [0, 0.1) is 6.92 Å². The van der Waals surface area contributed by atoms with Gasteiger partial charge in [-0.2, -0.15) is 0 Å². The first kappa shape index (κ1) is 14.3. The van der Waals surface area contributed by atoms with Crippen molar-refractivity contribution in [2.24, 2.45) is 0 Å². The Labute approximate surface area is 120 Å². The van der Waals surface area contributed by atoms with Gasteiger partial charge in [0.15, 0.2) is 0 Å². The summed E-state index contributed by atoms with van der Waals surface area (Å²) < 4.78 is 0. The van der Waals surface area contributed by atoms with Crippen molar-refractivity contribution >= 4 is 5.97 Å². The maximum Gasteiger partial charge on any atom is 0.335 e. The van der Waals surface area contributed by atoms with Crippen LogP contribution in [0.2, 0.25) is 0 Å². The molecule has 2 heteroatoms. The third kappa shape index (κ3) is 2.90. The van der Waals surface area contributed by atoms with E-state index in [-0.39, 0.29) is 5.41 Å². The van der Waals surface area contributed by atoms with Crippen molar-refractivity contribution in [3.63, 3.8) is 0 Å². The summed E-state index contributed by atoms with van der Waals surface area (Å²) in [5.41, 5.74) is 4.83. The van der Waals surface area contributed by atoms with Crippen molar-refractivity contribution < 1.29 is 9.90 Å². The van der Waals surface area contributed by atoms with Crippen LogP contribution in [0.5, 0.6) is 0 Å². The van der Waals surface area contributed by atoms with Crippen molar-refractivity contribution in [2.45, 2.75) is 33.1 Å². The summed E-state index contributed by atoms with van der Waals surface area (Å²) in [4.78, 5) is 11.1. The lowest BCUT2D eigenvalue weighted by molar-refractivity contribution is 0.0697. The Morgan fingerprint density at radius 2 is 1.60 bits per heavy atom. The molecule has 2 aromatic carbocycles. The quantitative estimate of drug-likeness (QED) is 0.860. The van der Waals surface area contributed by atoms with Crippen LogP contribution in [0.4, 0.5) is 0 Å². The van der Waals surface area contributed by atoms with Crippen LogP contribution in [0.15, 0.2) is 42.5 Å². The van der Waals surface area contributed by atoms with Crippen LogP contribution in [-0.2, 0) is 5.41 Å². The topological polar surface area (TPSA) is 37.3 Å². The monoisotopic (exact) mass is 268 g/mol. The summed E-state index contributed by atoms with van der Waals surface area (Å²) >= 11 is 0. The average Bonchev–Trinajstić information content (AvgIpc) is 2.38. The van der Waals surface area contributed by atoms with Gasteiger partial charge in [-0.15, -0.1) is 0 Å². The number of carboxylic acids is 1. The molecule has 0 amide bonds. The molecule has 0 radical (unpaired) electrons. The second-order valence-corrected chi connectivity index (χ2v) is 6.16. The Hall–Kier alpha value is -2.09. The number of aryl methyl sites for hydroxylation is 1. The minimum atomic E-state index is -0.891. The van der Waals surface area contributed by atoms with Gasteiger partial charge in [0.05, 0.1) is 5.56 Å². The number of aromatic carboxylic acids is 1. The molecule has 0 spiro atoms. The maximum atomic E-state index is 11.1. The molecule has 2 rings (SSSR count). The van der Waals surface area contributed by atoms with Gasteiger partial charge in [0.1, 0.15) is 0 Å². The van der Waals surface area contributed by atoms with Gasteiger partial charge in [-0.3, -0.25) is 0 Å². The minimum absolute atomic E-state index is 0.122. The molecule has 2 nitrogen and oxygen atoms in total. The van der Waals surface area contributed by atoms with Crippen LogP contribution in [0.3, 0.4) is 0 Å². The number of carbonyl (C=O) groups is 1. The molecular weight excluding hydrogens is 248 g/mol. The SMILES string of the molecule is Cc1ccc(C(=O)O)cc1-c1ccc(C(C)(C)C)cc1. The first-order chi connectivity index (χ1) is 9.29. The van der Waals surface area contributed by atoms with E-state index in [4.69, 9.17) is 5.11 Å². The fourth-order valence-electron chi connectivity index (χ4n) is 2.22. The number of hydrogen-bond donors (Lipinski definition) is 1. The smallest absolute Gasteiger partial charge is 0.335 e. The van der Waals surface area contributed by atoms with E-state index in [1.807, 2.05) is 13.0 Å². The third-order valence-electron chi connectivity index (χ3n) is 3.55. The predicted octanol–water partition coefficient (Wildman–Crippen LogP) is 4.66. The van der Waals surface area contributed by atoms with Gasteiger partial charge < -0.3 is 5.11 Å².